The molecule has 20 heavy (non-hydrogen) atoms. The van der Waals surface area contributed by atoms with Crippen LogP contribution >= 0.6 is 15.9 Å². The summed E-state index contributed by atoms with van der Waals surface area (Å²) in [7, 11) is 1.90. The second-order valence-electron chi connectivity index (χ2n) is 4.44. The number of hydrogen-bond acceptors (Lipinski definition) is 4. The zero-order chi connectivity index (χ0) is 13.9. The molecule has 0 radical (unpaired) electrons. The highest BCUT2D eigenvalue weighted by Crippen LogP contribution is 2.29. The summed E-state index contributed by atoms with van der Waals surface area (Å²) in [5.74, 6) is 0. The topological polar surface area (TPSA) is 50.7 Å². The number of halogens is 1. The maximum atomic E-state index is 4.76. The third-order valence-corrected chi connectivity index (χ3v) is 3.82. The van der Waals surface area contributed by atoms with Crippen LogP contribution in [0.4, 0.5) is 0 Å². The lowest BCUT2D eigenvalue weighted by Gasteiger charge is -2.17. The maximum Gasteiger partial charge on any atom is 0.115 e. The van der Waals surface area contributed by atoms with Gasteiger partial charge < -0.3 is 5.32 Å². The molecule has 1 atom stereocenters. The lowest BCUT2D eigenvalue weighted by molar-refractivity contribution is 0.664. The van der Waals surface area contributed by atoms with Crippen LogP contribution in [0.2, 0.25) is 0 Å². The zero-order valence-corrected chi connectivity index (χ0v) is 12.5. The first-order valence-corrected chi connectivity index (χ1v) is 7.06. The number of nitrogens with zero attached hydrogens (tertiary/aromatic N) is 3. The molecule has 0 saturated carbocycles. The normalized spacial score (nSPS) is 12.5. The molecule has 1 N–H and O–H groups in total. The Kier molecular flexibility index (Phi) is 3.71. The smallest absolute Gasteiger partial charge is 0.115 e. The Bertz CT molecular complexity index is 730. The van der Waals surface area contributed by atoms with Gasteiger partial charge in [0.15, 0.2) is 0 Å². The van der Waals surface area contributed by atoms with Gasteiger partial charge in [0, 0.05) is 27.8 Å². The summed E-state index contributed by atoms with van der Waals surface area (Å²) >= 11 is 3.61. The monoisotopic (exact) mass is 328 g/mol. The van der Waals surface area contributed by atoms with Gasteiger partial charge in [0.05, 0.1) is 17.3 Å². The molecule has 0 aliphatic rings. The molecular formula is C15H13BrN4. The van der Waals surface area contributed by atoms with Crippen molar-refractivity contribution in [3.8, 4) is 0 Å². The number of fused-ring (bicyclic) bond motifs is 1. The van der Waals surface area contributed by atoms with E-state index in [1.807, 2.05) is 25.2 Å². The summed E-state index contributed by atoms with van der Waals surface area (Å²) in [6.45, 7) is 0. The molecule has 0 spiro atoms. The highest BCUT2D eigenvalue weighted by molar-refractivity contribution is 9.10. The maximum absolute atomic E-state index is 4.76. The Morgan fingerprint density at radius 1 is 1.15 bits per heavy atom. The van der Waals surface area contributed by atoms with Gasteiger partial charge in [-0.2, -0.15) is 0 Å². The molecule has 0 fully saturated rings. The van der Waals surface area contributed by atoms with Crippen LogP contribution in [-0.4, -0.2) is 22.0 Å². The van der Waals surface area contributed by atoms with Gasteiger partial charge in [-0.05, 0) is 35.1 Å². The first kappa shape index (κ1) is 13.1. The third kappa shape index (κ3) is 2.42. The van der Waals surface area contributed by atoms with Gasteiger partial charge in [-0.3, -0.25) is 0 Å². The Morgan fingerprint density at radius 2 is 1.90 bits per heavy atom. The van der Waals surface area contributed by atoms with Crippen LogP contribution in [0, 0.1) is 0 Å². The van der Waals surface area contributed by atoms with Crippen molar-refractivity contribution in [1.29, 1.82) is 0 Å². The molecule has 100 valence electrons. The molecule has 0 aliphatic carbocycles. The van der Waals surface area contributed by atoms with Crippen LogP contribution in [0.1, 0.15) is 17.3 Å². The zero-order valence-electron chi connectivity index (χ0n) is 10.9. The third-order valence-electron chi connectivity index (χ3n) is 3.18. The standard InChI is InChI=1S/C15H13BrN4/c1-17-14(11-7-18-9-19-8-11)15-12(16)6-10-4-2-3-5-13(10)20-15/h2-9,14,17H,1H3. The fourth-order valence-electron chi connectivity index (χ4n) is 2.23. The molecule has 4 nitrogen and oxygen atoms in total. The molecule has 1 aromatic carbocycles. The van der Waals surface area contributed by atoms with Crippen molar-refractivity contribution < 1.29 is 0 Å². The fourth-order valence-corrected chi connectivity index (χ4v) is 2.79. The number of rotatable bonds is 3. The van der Waals surface area contributed by atoms with Gasteiger partial charge in [0.1, 0.15) is 6.33 Å². The van der Waals surface area contributed by atoms with Gasteiger partial charge in [-0.1, -0.05) is 18.2 Å². The van der Waals surface area contributed by atoms with E-state index in [1.165, 1.54) is 6.33 Å². The summed E-state index contributed by atoms with van der Waals surface area (Å²) in [5, 5.41) is 4.38. The van der Waals surface area contributed by atoms with Crippen molar-refractivity contribution in [2.75, 3.05) is 7.05 Å². The quantitative estimate of drug-likeness (QED) is 0.802. The molecule has 0 bridgehead atoms. The Labute approximate surface area is 125 Å². The predicted octanol–water partition coefficient (Wildman–Crippen LogP) is 3.10. The highest BCUT2D eigenvalue weighted by atomic mass is 79.9. The average Bonchev–Trinajstić information content (AvgIpc) is 2.49. The summed E-state index contributed by atoms with van der Waals surface area (Å²) < 4.78 is 0.972. The number of para-hydroxylation sites is 1. The average molecular weight is 329 g/mol. The van der Waals surface area contributed by atoms with Crippen LogP contribution in [0.3, 0.4) is 0 Å². The van der Waals surface area contributed by atoms with Crippen LogP contribution in [0.5, 0.6) is 0 Å². The second kappa shape index (κ2) is 5.64. The van der Waals surface area contributed by atoms with Crippen molar-refractivity contribution in [2.45, 2.75) is 6.04 Å². The van der Waals surface area contributed by atoms with Gasteiger partial charge in [-0.15, -0.1) is 0 Å². The molecule has 0 saturated heterocycles. The van der Waals surface area contributed by atoms with Gasteiger partial charge in [0.2, 0.25) is 0 Å². The lowest BCUT2D eigenvalue weighted by atomic mass is 10.1. The van der Waals surface area contributed by atoms with Crippen molar-refractivity contribution in [2.24, 2.45) is 0 Å². The van der Waals surface area contributed by atoms with Crippen LogP contribution in [0.15, 0.2) is 53.5 Å². The van der Waals surface area contributed by atoms with E-state index in [-0.39, 0.29) is 6.04 Å². The molecule has 2 heterocycles. The molecule has 5 heteroatoms. The van der Waals surface area contributed by atoms with Crippen LogP contribution in [-0.2, 0) is 0 Å². The van der Waals surface area contributed by atoms with E-state index in [0.717, 1.165) is 26.6 Å². The largest absolute Gasteiger partial charge is 0.308 e. The van der Waals surface area contributed by atoms with Gasteiger partial charge in [-0.25, -0.2) is 15.0 Å². The Hall–Kier alpha value is -1.85. The van der Waals surface area contributed by atoms with E-state index < -0.39 is 0 Å². The van der Waals surface area contributed by atoms with E-state index in [2.05, 4.69) is 43.3 Å². The fraction of sp³-hybridized carbons (Fsp3) is 0.133. The first-order chi connectivity index (χ1) is 9.79. The number of nitrogens with one attached hydrogen (secondary N) is 1. The molecule has 0 aliphatic heterocycles. The number of benzene rings is 1. The minimum atomic E-state index is -0.0461. The minimum Gasteiger partial charge on any atom is -0.308 e. The summed E-state index contributed by atoms with van der Waals surface area (Å²) in [6.07, 6.45) is 5.13. The predicted molar refractivity (Wildman–Crippen MR) is 82.4 cm³/mol. The van der Waals surface area contributed by atoms with E-state index in [9.17, 15) is 0 Å². The number of hydrogen-bond donors (Lipinski definition) is 1. The highest BCUT2D eigenvalue weighted by Gasteiger charge is 2.17. The first-order valence-electron chi connectivity index (χ1n) is 6.27. The van der Waals surface area contributed by atoms with Crippen LogP contribution < -0.4 is 5.32 Å². The van der Waals surface area contributed by atoms with E-state index in [0.29, 0.717) is 0 Å². The number of aromatic nitrogens is 3. The number of pyridine rings is 1. The van der Waals surface area contributed by atoms with Crippen molar-refractivity contribution in [3.63, 3.8) is 0 Å². The molecule has 0 amide bonds. The van der Waals surface area contributed by atoms with E-state index in [4.69, 9.17) is 4.98 Å². The second-order valence-corrected chi connectivity index (χ2v) is 5.30. The SMILES string of the molecule is CNC(c1cncnc1)c1nc2ccccc2cc1Br. The van der Waals surface area contributed by atoms with Crippen molar-refractivity contribution >= 4 is 26.8 Å². The van der Waals surface area contributed by atoms with E-state index >= 15 is 0 Å². The Morgan fingerprint density at radius 3 is 2.65 bits per heavy atom. The van der Waals surface area contributed by atoms with Crippen LogP contribution in [0.25, 0.3) is 10.9 Å². The lowest BCUT2D eigenvalue weighted by Crippen LogP contribution is -2.20. The Balaban J connectivity index is 2.14. The molecule has 1 unspecified atom stereocenters. The summed E-state index contributed by atoms with van der Waals surface area (Å²) in [6, 6.07) is 10.1. The molecule has 2 aromatic heterocycles. The molecule has 3 rings (SSSR count). The summed E-state index contributed by atoms with van der Waals surface area (Å²) in [4.78, 5) is 12.9. The van der Waals surface area contributed by atoms with Crippen molar-refractivity contribution in [3.05, 3.63) is 64.8 Å². The van der Waals surface area contributed by atoms with E-state index in [1.54, 1.807) is 12.4 Å². The van der Waals surface area contributed by atoms with Crippen molar-refractivity contribution in [1.82, 2.24) is 20.3 Å². The van der Waals surface area contributed by atoms with Gasteiger partial charge in [0.25, 0.3) is 0 Å². The minimum absolute atomic E-state index is 0.0461. The van der Waals surface area contributed by atoms with Gasteiger partial charge >= 0.3 is 0 Å². The molecule has 3 aromatic rings. The molecular weight excluding hydrogens is 316 g/mol. The summed E-state index contributed by atoms with van der Waals surface area (Å²) in [5.41, 5.74) is 2.89.